The Hall–Kier alpha value is -3.62. The first-order chi connectivity index (χ1) is 13.9. The molecule has 0 radical (unpaired) electrons. The van der Waals surface area contributed by atoms with Gasteiger partial charge in [0.2, 0.25) is 0 Å². The van der Waals surface area contributed by atoms with Crippen LogP contribution in [-0.4, -0.2) is 30.3 Å². The number of rotatable bonds is 5. The maximum Gasteiger partial charge on any atom is 0.280 e. The molecule has 0 bridgehead atoms. The lowest BCUT2D eigenvalue weighted by atomic mass is 10.1. The largest absolute Gasteiger partial charge is 0.348 e. The zero-order valence-corrected chi connectivity index (χ0v) is 15.8. The van der Waals surface area contributed by atoms with Gasteiger partial charge >= 0.3 is 0 Å². The van der Waals surface area contributed by atoms with Crippen molar-refractivity contribution in [3.05, 3.63) is 71.3 Å². The molecule has 9 heteroatoms. The Bertz CT molecular complexity index is 1180. The van der Waals surface area contributed by atoms with Crippen molar-refractivity contribution in [3.8, 4) is 11.3 Å². The lowest BCUT2D eigenvalue weighted by Gasteiger charge is -2.09. The summed E-state index contributed by atoms with van der Waals surface area (Å²) < 4.78 is 29.9. The third-order valence-electron chi connectivity index (χ3n) is 4.59. The SMILES string of the molecule is Cc1nn(C)cc1CNC(=O)c1cnn2c(C(F)F)cc(-c3ccccc3)nc12. The Morgan fingerprint density at radius 3 is 2.66 bits per heavy atom. The Kier molecular flexibility index (Phi) is 4.79. The summed E-state index contributed by atoms with van der Waals surface area (Å²) in [7, 11) is 1.80. The number of aryl methyl sites for hydroxylation is 2. The normalized spacial score (nSPS) is 11.3. The molecular weight excluding hydrogens is 378 g/mol. The van der Waals surface area contributed by atoms with Crippen molar-refractivity contribution in [2.24, 2.45) is 7.05 Å². The highest BCUT2D eigenvalue weighted by Crippen LogP contribution is 2.26. The van der Waals surface area contributed by atoms with Gasteiger partial charge in [-0.05, 0) is 13.0 Å². The van der Waals surface area contributed by atoms with Crippen molar-refractivity contribution < 1.29 is 13.6 Å². The number of amides is 1. The fourth-order valence-corrected chi connectivity index (χ4v) is 3.15. The van der Waals surface area contributed by atoms with Crippen LogP contribution < -0.4 is 5.32 Å². The van der Waals surface area contributed by atoms with E-state index in [2.05, 4.69) is 20.5 Å². The standard InChI is InChI=1S/C20H18F2N6O/c1-12-14(11-27(2)26-12)9-23-20(29)15-10-24-28-17(18(21)22)8-16(25-19(15)28)13-6-4-3-5-7-13/h3-8,10-11,18H,9H2,1-2H3,(H,23,29). The molecule has 0 aliphatic rings. The Morgan fingerprint density at radius 1 is 1.24 bits per heavy atom. The van der Waals surface area contributed by atoms with Crippen LogP contribution in [0.2, 0.25) is 0 Å². The van der Waals surface area contributed by atoms with Crippen molar-refractivity contribution in [3.63, 3.8) is 0 Å². The van der Waals surface area contributed by atoms with E-state index in [9.17, 15) is 13.6 Å². The average Bonchev–Trinajstić information content (AvgIpc) is 3.28. The maximum atomic E-state index is 13.6. The Labute approximate surface area is 165 Å². The molecule has 3 heterocycles. The molecule has 0 aliphatic heterocycles. The lowest BCUT2D eigenvalue weighted by molar-refractivity contribution is 0.0952. The van der Waals surface area contributed by atoms with Crippen LogP contribution in [0.4, 0.5) is 8.78 Å². The Morgan fingerprint density at radius 2 is 2.00 bits per heavy atom. The number of hydrogen-bond donors (Lipinski definition) is 1. The van der Waals surface area contributed by atoms with E-state index in [-0.39, 0.29) is 23.4 Å². The van der Waals surface area contributed by atoms with Crippen LogP contribution in [0.15, 0.2) is 48.8 Å². The molecule has 0 aliphatic carbocycles. The second-order valence-electron chi connectivity index (χ2n) is 6.62. The van der Waals surface area contributed by atoms with Crippen LogP contribution in [0, 0.1) is 6.92 Å². The van der Waals surface area contributed by atoms with E-state index in [0.29, 0.717) is 11.3 Å². The average molecular weight is 396 g/mol. The molecule has 1 amide bonds. The van der Waals surface area contributed by atoms with Crippen molar-refractivity contribution in [1.82, 2.24) is 29.7 Å². The zero-order chi connectivity index (χ0) is 20.5. The van der Waals surface area contributed by atoms with Gasteiger partial charge in [0.25, 0.3) is 12.3 Å². The number of halogens is 2. The minimum absolute atomic E-state index is 0.0852. The first-order valence-electron chi connectivity index (χ1n) is 8.93. The van der Waals surface area contributed by atoms with E-state index < -0.39 is 12.3 Å². The zero-order valence-electron chi connectivity index (χ0n) is 15.8. The smallest absolute Gasteiger partial charge is 0.280 e. The van der Waals surface area contributed by atoms with E-state index in [0.717, 1.165) is 15.8 Å². The van der Waals surface area contributed by atoms with Crippen molar-refractivity contribution >= 4 is 11.6 Å². The molecule has 4 aromatic rings. The minimum Gasteiger partial charge on any atom is -0.348 e. The van der Waals surface area contributed by atoms with Gasteiger partial charge in [0.05, 0.1) is 17.6 Å². The second-order valence-corrected chi connectivity index (χ2v) is 6.62. The van der Waals surface area contributed by atoms with Gasteiger partial charge in [0, 0.05) is 30.9 Å². The van der Waals surface area contributed by atoms with Crippen molar-refractivity contribution in [2.75, 3.05) is 0 Å². The van der Waals surface area contributed by atoms with Gasteiger partial charge in [0.15, 0.2) is 5.65 Å². The summed E-state index contributed by atoms with van der Waals surface area (Å²) in [5.74, 6) is -0.443. The molecule has 1 N–H and O–H groups in total. The van der Waals surface area contributed by atoms with Crippen molar-refractivity contribution in [1.29, 1.82) is 0 Å². The van der Waals surface area contributed by atoms with Crippen LogP contribution in [0.1, 0.15) is 33.7 Å². The minimum atomic E-state index is -2.77. The van der Waals surface area contributed by atoms with Crippen LogP contribution >= 0.6 is 0 Å². The maximum absolute atomic E-state index is 13.6. The molecule has 0 saturated carbocycles. The van der Waals surface area contributed by atoms with Crippen LogP contribution in [-0.2, 0) is 13.6 Å². The monoisotopic (exact) mass is 396 g/mol. The van der Waals surface area contributed by atoms with Crippen LogP contribution in [0.3, 0.4) is 0 Å². The molecule has 0 saturated heterocycles. The van der Waals surface area contributed by atoms with E-state index in [1.807, 2.05) is 19.2 Å². The second kappa shape index (κ2) is 7.42. The van der Waals surface area contributed by atoms with E-state index in [1.165, 1.54) is 12.3 Å². The van der Waals surface area contributed by atoms with E-state index in [4.69, 9.17) is 0 Å². The molecule has 29 heavy (non-hydrogen) atoms. The summed E-state index contributed by atoms with van der Waals surface area (Å²) in [4.78, 5) is 17.2. The lowest BCUT2D eigenvalue weighted by Crippen LogP contribution is -2.23. The van der Waals surface area contributed by atoms with Crippen molar-refractivity contribution in [2.45, 2.75) is 19.9 Å². The Balaban J connectivity index is 1.72. The number of nitrogens with zero attached hydrogens (tertiary/aromatic N) is 5. The predicted octanol–water partition coefficient (Wildman–Crippen LogP) is 3.31. The number of fused-ring (bicyclic) bond motifs is 1. The molecule has 3 aromatic heterocycles. The quantitative estimate of drug-likeness (QED) is 0.562. The molecule has 4 rings (SSSR count). The number of aromatic nitrogens is 5. The molecule has 0 fully saturated rings. The highest BCUT2D eigenvalue weighted by Gasteiger charge is 2.21. The van der Waals surface area contributed by atoms with E-state index in [1.54, 1.807) is 36.0 Å². The summed E-state index contributed by atoms with van der Waals surface area (Å²) in [6.07, 6.45) is 0.303. The molecule has 148 valence electrons. The number of carbonyl (C=O) groups is 1. The van der Waals surface area contributed by atoms with Gasteiger partial charge in [-0.25, -0.2) is 18.3 Å². The van der Waals surface area contributed by atoms with E-state index >= 15 is 0 Å². The molecule has 1 aromatic carbocycles. The topological polar surface area (TPSA) is 77.1 Å². The summed E-state index contributed by atoms with van der Waals surface area (Å²) >= 11 is 0. The summed E-state index contributed by atoms with van der Waals surface area (Å²) in [6, 6.07) is 10.3. The van der Waals surface area contributed by atoms with Gasteiger partial charge in [-0.3, -0.25) is 9.48 Å². The molecule has 0 unspecified atom stereocenters. The van der Waals surface area contributed by atoms with Gasteiger partial charge in [-0.1, -0.05) is 30.3 Å². The van der Waals surface area contributed by atoms with Gasteiger partial charge < -0.3 is 5.32 Å². The van der Waals surface area contributed by atoms with Crippen LogP contribution in [0.25, 0.3) is 16.9 Å². The number of nitrogens with one attached hydrogen (secondary N) is 1. The van der Waals surface area contributed by atoms with Gasteiger partial charge in [-0.15, -0.1) is 0 Å². The number of hydrogen-bond acceptors (Lipinski definition) is 4. The molecular formula is C20H18F2N6O. The summed E-state index contributed by atoms with van der Waals surface area (Å²) in [5.41, 5.74) is 2.59. The molecule has 0 atom stereocenters. The third-order valence-corrected chi connectivity index (χ3v) is 4.59. The molecule has 7 nitrogen and oxygen atoms in total. The first kappa shape index (κ1) is 18.7. The molecule has 0 spiro atoms. The number of benzene rings is 1. The summed E-state index contributed by atoms with van der Waals surface area (Å²) in [6.45, 7) is 2.11. The predicted molar refractivity (Wildman–Crippen MR) is 102 cm³/mol. The summed E-state index contributed by atoms with van der Waals surface area (Å²) in [5, 5.41) is 11.0. The van der Waals surface area contributed by atoms with Gasteiger partial charge in [-0.2, -0.15) is 10.2 Å². The number of carbonyl (C=O) groups excluding carboxylic acids is 1. The first-order valence-corrected chi connectivity index (χ1v) is 8.93. The fraction of sp³-hybridized carbons (Fsp3) is 0.200. The van der Waals surface area contributed by atoms with Gasteiger partial charge in [0.1, 0.15) is 11.3 Å². The highest BCUT2D eigenvalue weighted by molar-refractivity contribution is 5.99. The number of alkyl halides is 2. The highest BCUT2D eigenvalue weighted by atomic mass is 19.3. The third kappa shape index (κ3) is 3.58. The fourth-order valence-electron chi connectivity index (χ4n) is 3.15. The van der Waals surface area contributed by atoms with Crippen LogP contribution in [0.5, 0.6) is 0 Å².